The normalized spacial score (nSPS) is 13.0. The Bertz CT molecular complexity index is 3060. The van der Waals surface area contributed by atoms with Gasteiger partial charge in [0.2, 0.25) is 0 Å². The van der Waals surface area contributed by atoms with E-state index in [-0.39, 0.29) is 0 Å². The number of fused-ring (bicyclic) bond motifs is 7. The second-order valence-corrected chi connectivity index (χ2v) is 17.9. The highest BCUT2D eigenvalue weighted by atomic mass is 28.3. The summed E-state index contributed by atoms with van der Waals surface area (Å²) in [5, 5.41) is 7.14. The summed E-state index contributed by atoms with van der Waals surface area (Å²) in [5.41, 5.74) is 5.05. The number of para-hydroxylation sites is 4. The van der Waals surface area contributed by atoms with Gasteiger partial charge in [-0.15, -0.1) is 0 Å². The molecule has 7 aromatic carbocycles. The summed E-state index contributed by atoms with van der Waals surface area (Å²) in [7, 11) is -1.08. The first-order valence-electron chi connectivity index (χ1n) is 18.8. The highest BCUT2D eigenvalue weighted by molar-refractivity contribution is 7.21. The summed E-state index contributed by atoms with van der Waals surface area (Å²) in [5.74, 6) is 4.59. The maximum atomic E-state index is 7.19. The summed E-state index contributed by atoms with van der Waals surface area (Å²) in [6, 6.07) is 63.8. The zero-order valence-corrected chi connectivity index (χ0v) is 31.5. The Labute approximate surface area is 324 Å². The highest BCUT2D eigenvalue weighted by Gasteiger charge is 2.50. The van der Waals surface area contributed by atoms with Gasteiger partial charge in [-0.05, 0) is 64.1 Å². The van der Waals surface area contributed by atoms with Gasteiger partial charge in [0.25, 0.3) is 0 Å². The molecule has 0 N–H and O–H groups in total. The van der Waals surface area contributed by atoms with Crippen LogP contribution in [0.15, 0.2) is 188 Å². The van der Waals surface area contributed by atoms with Gasteiger partial charge in [-0.2, -0.15) is 0 Å². The second kappa shape index (κ2) is 12.7. The maximum absolute atomic E-state index is 7.19. The summed E-state index contributed by atoms with van der Waals surface area (Å²) in [6.45, 7) is 0. The van der Waals surface area contributed by atoms with Gasteiger partial charge in [0.15, 0.2) is 19.6 Å². The molecule has 6 nitrogen and oxygen atoms in total. The first kappa shape index (κ1) is 32.2. The Morgan fingerprint density at radius 1 is 0.607 bits per heavy atom. The van der Waals surface area contributed by atoms with E-state index in [4.69, 9.17) is 19.4 Å². The van der Waals surface area contributed by atoms with E-state index in [9.17, 15) is 0 Å². The van der Waals surface area contributed by atoms with Crippen LogP contribution in [0.5, 0.6) is 23.0 Å². The number of hydrogen-bond acceptors (Lipinski definition) is 4. The lowest BCUT2D eigenvalue weighted by atomic mass is 10.1. The quantitative estimate of drug-likeness (QED) is 0.160. The van der Waals surface area contributed by atoms with Crippen molar-refractivity contribution in [3.8, 4) is 40.2 Å². The van der Waals surface area contributed by atoms with E-state index in [1.807, 2.05) is 48.7 Å². The largest absolute Gasteiger partial charge is 0.454 e. The number of rotatable bonds is 6. The van der Waals surface area contributed by atoms with E-state index in [2.05, 4.69) is 156 Å². The fourth-order valence-corrected chi connectivity index (χ4v) is 14.0. The lowest BCUT2D eigenvalue weighted by Crippen LogP contribution is -2.76. The van der Waals surface area contributed by atoms with Crippen molar-refractivity contribution in [3.05, 3.63) is 188 Å². The van der Waals surface area contributed by atoms with E-state index in [1.165, 1.54) is 15.6 Å². The third-order valence-electron chi connectivity index (χ3n) is 11.2. The number of ether oxygens (including phenoxy) is 2. The van der Waals surface area contributed by atoms with Crippen LogP contribution in [0.25, 0.3) is 50.0 Å². The monoisotopic (exact) mass is 738 g/mol. The minimum Gasteiger partial charge on any atom is -0.454 e. The van der Waals surface area contributed by atoms with Crippen LogP contribution in [0.4, 0.5) is 0 Å². The molecule has 11 rings (SSSR count). The topological polar surface area (TPSA) is 54.1 Å². The van der Waals surface area contributed by atoms with Gasteiger partial charge in [-0.3, -0.25) is 4.57 Å². The second-order valence-electron chi connectivity index (χ2n) is 14.2. The molecule has 0 spiro atoms. The zero-order valence-electron chi connectivity index (χ0n) is 30.5. The van der Waals surface area contributed by atoms with Crippen molar-refractivity contribution >= 4 is 61.7 Å². The third-order valence-corrected chi connectivity index (χ3v) is 16.0. The summed E-state index contributed by atoms with van der Waals surface area (Å²) in [4.78, 5) is 9.90. The van der Waals surface area contributed by atoms with Gasteiger partial charge < -0.3 is 14.0 Å². The van der Waals surface area contributed by atoms with Crippen molar-refractivity contribution in [3.63, 3.8) is 0 Å². The summed E-state index contributed by atoms with van der Waals surface area (Å²) >= 11 is 0. The molecular formula is C49H34N4O2Si. The first-order chi connectivity index (χ1) is 27.7. The molecule has 1 aliphatic rings. The fourth-order valence-electron chi connectivity index (χ4n) is 8.84. The first-order valence-corrected chi connectivity index (χ1v) is 20.8. The van der Waals surface area contributed by atoms with Crippen molar-refractivity contribution in [1.82, 2.24) is 19.1 Å². The predicted molar refractivity (Wildman–Crippen MR) is 228 cm³/mol. The van der Waals surface area contributed by atoms with Gasteiger partial charge >= 0.3 is 0 Å². The van der Waals surface area contributed by atoms with Crippen LogP contribution in [0.2, 0.25) is 0 Å². The molecule has 10 aromatic rings. The SMILES string of the molecule is Cn1c(-c2cccc(Oc3cc4c(c5c3Oc3ccccc3[Si]5(c3ccccc3)c3ccccc3)c3ccccc3n4-c3ccccn3)c2)nc2ccccc21. The molecule has 0 saturated carbocycles. The number of aromatic nitrogens is 4. The molecule has 0 fully saturated rings. The molecule has 0 bridgehead atoms. The van der Waals surface area contributed by atoms with Crippen molar-refractivity contribution in [2.75, 3.05) is 0 Å². The number of pyridine rings is 1. The van der Waals surface area contributed by atoms with Gasteiger partial charge in [-0.25, -0.2) is 9.97 Å². The lowest BCUT2D eigenvalue weighted by Gasteiger charge is -2.40. The minimum atomic E-state index is -3.14. The Morgan fingerprint density at radius 2 is 1.30 bits per heavy atom. The van der Waals surface area contributed by atoms with E-state index in [0.29, 0.717) is 11.5 Å². The predicted octanol–water partition coefficient (Wildman–Crippen LogP) is 9.01. The van der Waals surface area contributed by atoms with Crippen LogP contribution < -0.4 is 30.2 Å². The molecule has 7 heteroatoms. The third kappa shape index (κ3) is 4.74. The Hall–Kier alpha value is -7.22. The Balaban J connectivity index is 1.26. The molecule has 0 atom stereocenters. The van der Waals surface area contributed by atoms with Crippen molar-refractivity contribution < 1.29 is 9.47 Å². The molecule has 266 valence electrons. The van der Waals surface area contributed by atoms with Crippen molar-refractivity contribution in [2.24, 2.45) is 7.05 Å². The number of benzene rings is 7. The maximum Gasteiger partial charge on any atom is 0.189 e. The minimum absolute atomic E-state index is 0.632. The molecule has 56 heavy (non-hydrogen) atoms. The fraction of sp³-hybridized carbons (Fsp3) is 0.0204. The molecule has 0 saturated heterocycles. The average Bonchev–Trinajstić information content (AvgIpc) is 3.78. The Kier molecular flexibility index (Phi) is 7.30. The van der Waals surface area contributed by atoms with Gasteiger partial charge in [0.1, 0.15) is 23.1 Å². The molecule has 3 aromatic heterocycles. The molecule has 1 aliphatic heterocycles. The molecular weight excluding hydrogens is 705 g/mol. The van der Waals surface area contributed by atoms with Crippen LogP contribution in [0.1, 0.15) is 0 Å². The average molecular weight is 739 g/mol. The lowest BCUT2D eigenvalue weighted by molar-refractivity contribution is 0.422. The molecule has 0 amide bonds. The Morgan fingerprint density at radius 3 is 2.07 bits per heavy atom. The molecule has 0 aliphatic carbocycles. The number of imidazole rings is 1. The zero-order chi connectivity index (χ0) is 37.2. The van der Waals surface area contributed by atoms with E-state index in [0.717, 1.165) is 66.7 Å². The van der Waals surface area contributed by atoms with Crippen LogP contribution in [0, 0.1) is 0 Å². The van der Waals surface area contributed by atoms with E-state index < -0.39 is 8.07 Å². The summed E-state index contributed by atoms with van der Waals surface area (Å²) in [6.07, 6.45) is 1.85. The standard InChI is InChI=1S/C49H34N4O2Si/c1-52-40-26-11-9-24-38(40)51-49(52)33-17-16-18-34(31-33)54-43-32-41-46(37-23-8-10-25-39(37)53(41)45-29-14-15-30-50-45)48-47(43)55-42-27-12-13-28-44(42)56(48,35-19-4-2-5-20-35)36-21-6-3-7-22-36/h2-32H,1H3. The van der Waals surface area contributed by atoms with Gasteiger partial charge in [0, 0.05) is 40.8 Å². The molecule has 0 radical (unpaired) electrons. The van der Waals surface area contributed by atoms with E-state index >= 15 is 0 Å². The highest BCUT2D eigenvalue weighted by Crippen LogP contribution is 2.45. The van der Waals surface area contributed by atoms with E-state index in [1.54, 1.807) is 0 Å². The number of aryl methyl sites for hydroxylation is 1. The molecule has 0 unspecified atom stereocenters. The van der Waals surface area contributed by atoms with Gasteiger partial charge in [0.05, 0.1) is 22.1 Å². The van der Waals surface area contributed by atoms with Crippen molar-refractivity contribution in [1.29, 1.82) is 0 Å². The van der Waals surface area contributed by atoms with Crippen molar-refractivity contribution in [2.45, 2.75) is 0 Å². The summed E-state index contributed by atoms with van der Waals surface area (Å²) < 4.78 is 18.7. The van der Waals surface area contributed by atoms with Crippen LogP contribution in [-0.4, -0.2) is 27.2 Å². The van der Waals surface area contributed by atoms with Gasteiger partial charge in [-0.1, -0.05) is 127 Å². The van der Waals surface area contributed by atoms with Crippen LogP contribution >= 0.6 is 0 Å². The van der Waals surface area contributed by atoms with Crippen LogP contribution in [-0.2, 0) is 7.05 Å². The smallest absolute Gasteiger partial charge is 0.189 e. The number of nitrogens with zero attached hydrogens (tertiary/aromatic N) is 4. The number of hydrogen-bond donors (Lipinski definition) is 0. The molecule has 4 heterocycles. The van der Waals surface area contributed by atoms with Crippen LogP contribution in [0.3, 0.4) is 0 Å².